The van der Waals surface area contributed by atoms with Crippen LogP contribution in [0.4, 0.5) is 0 Å². The SMILES string of the molecule is CCC(C)N1CCCCC1C(C)=O. The van der Waals surface area contributed by atoms with Crippen LogP contribution in [0.25, 0.3) is 0 Å². The van der Waals surface area contributed by atoms with E-state index in [-0.39, 0.29) is 6.04 Å². The highest BCUT2D eigenvalue weighted by atomic mass is 16.1. The minimum Gasteiger partial charge on any atom is -0.298 e. The van der Waals surface area contributed by atoms with Gasteiger partial charge in [-0.05, 0) is 39.7 Å². The van der Waals surface area contributed by atoms with Crippen LogP contribution in [0.5, 0.6) is 0 Å². The van der Waals surface area contributed by atoms with Crippen molar-refractivity contribution in [2.45, 2.75) is 58.5 Å². The summed E-state index contributed by atoms with van der Waals surface area (Å²) < 4.78 is 0. The highest BCUT2D eigenvalue weighted by Gasteiger charge is 2.28. The van der Waals surface area contributed by atoms with Gasteiger partial charge in [0, 0.05) is 6.04 Å². The van der Waals surface area contributed by atoms with Crippen molar-refractivity contribution in [3.05, 3.63) is 0 Å². The molecule has 2 heteroatoms. The number of Topliss-reactive ketones (excluding diaryl/α,β-unsaturated/α-hetero) is 1. The van der Waals surface area contributed by atoms with Gasteiger partial charge in [-0.25, -0.2) is 0 Å². The van der Waals surface area contributed by atoms with Gasteiger partial charge < -0.3 is 0 Å². The minimum atomic E-state index is 0.212. The fourth-order valence-electron chi connectivity index (χ4n) is 2.15. The molecule has 0 radical (unpaired) electrons. The van der Waals surface area contributed by atoms with E-state index >= 15 is 0 Å². The summed E-state index contributed by atoms with van der Waals surface area (Å²) in [6.45, 7) is 7.25. The number of likely N-dealkylation sites (tertiary alicyclic amines) is 1. The first-order valence-electron chi connectivity index (χ1n) is 5.43. The van der Waals surface area contributed by atoms with Crippen LogP contribution in [0.3, 0.4) is 0 Å². The lowest BCUT2D eigenvalue weighted by Crippen LogP contribution is -2.48. The van der Waals surface area contributed by atoms with E-state index in [9.17, 15) is 4.79 Å². The molecule has 1 fully saturated rings. The minimum absolute atomic E-state index is 0.212. The quantitative estimate of drug-likeness (QED) is 0.668. The number of piperidine rings is 1. The van der Waals surface area contributed by atoms with Crippen molar-refractivity contribution < 1.29 is 4.79 Å². The number of carbonyl (C=O) groups excluding carboxylic acids is 1. The second kappa shape index (κ2) is 4.75. The molecule has 1 saturated heterocycles. The number of rotatable bonds is 3. The number of ketones is 1. The summed E-state index contributed by atoms with van der Waals surface area (Å²) >= 11 is 0. The summed E-state index contributed by atoms with van der Waals surface area (Å²) in [4.78, 5) is 13.8. The van der Waals surface area contributed by atoms with E-state index < -0.39 is 0 Å². The van der Waals surface area contributed by atoms with Gasteiger partial charge in [0.15, 0.2) is 0 Å². The normalized spacial score (nSPS) is 27.2. The first-order chi connectivity index (χ1) is 6.16. The van der Waals surface area contributed by atoms with Crippen LogP contribution in [0.1, 0.15) is 46.5 Å². The van der Waals surface area contributed by atoms with Crippen LogP contribution in [-0.4, -0.2) is 29.3 Å². The molecule has 0 bridgehead atoms. The van der Waals surface area contributed by atoms with Crippen molar-refractivity contribution in [2.24, 2.45) is 0 Å². The summed E-state index contributed by atoms with van der Waals surface area (Å²) in [6.07, 6.45) is 4.69. The monoisotopic (exact) mass is 183 g/mol. The van der Waals surface area contributed by atoms with Crippen LogP contribution in [0.2, 0.25) is 0 Å². The first kappa shape index (κ1) is 10.7. The van der Waals surface area contributed by atoms with Gasteiger partial charge in [-0.2, -0.15) is 0 Å². The Balaban J connectivity index is 2.61. The standard InChI is InChI=1S/C11H21NO/c1-4-9(2)12-8-6-5-7-11(12)10(3)13/h9,11H,4-8H2,1-3H3. The third-order valence-corrected chi connectivity index (χ3v) is 3.17. The van der Waals surface area contributed by atoms with E-state index in [1.807, 2.05) is 0 Å². The van der Waals surface area contributed by atoms with Gasteiger partial charge in [-0.1, -0.05) is 13.3 Å². The molecule has 1 aliphatic rings. The predicted molar refractivity (Wildman–Crippen MR) is 54.8 cm³/mol. The van der Waals surface area contributed by atoms with Gasteiger partial charge in [0.1, 0.15) is 5.78 Å². The van der Waals surface area contributed by atoms with E-state index in [4.69, 9.17) is 0 Å². The summed E-state index contributed by atoms with van der Waals surface area (Å²) in [5, 5.41) is 0. The van der Waals surface area contributed by atoms with Gasteiger partial charge in [0.2, 0.25) is 0 Å². The molecule has 0 N–H and O–H groups in total. The van der Waals surface area contributed by atoms with E-state index in [1.54, 1.807) is 6.92 Å². The lowest BCUT2D eigenvalue weighted by Gasteiger charge is -2.38. The van der Waals surface area contributed by atoms with Crippen LogP contribution < -0.4 is 0 Å². The fraction of sp³-hybridized carbons (Fsp3) is 0.909. The van der Waals surface area contributed by atoms with E-state index in [1.165, 1.54) is 12.8 Å². The van der Waals surface area contributed by atoms with Crippen molar-refractivity contribution >= 4 is 5.78 Å². The summed E-state index contributed by atoms with van der Waals surface area (Å²) in [5.41, 5.74) is 0. The number of carbonyl (C=O) groups is 1. The Kier molecular flexibility index (Phi) is 3.91. The zero-order chi connectivity index (χ0) is 9.84. The summed E-state index contributed by atoms with van der Waals surface area (Å²) in [6, 6.07) is 0.776. The maximum atomic E-state index is 11.4. The second-order valence-electron chi connectivity index (χ2n) is 4.12. The molecule has 13 heavy (non-hydrogen) atoms. The molecule has 0 aromatic rings. The van der Waals surface area contributed by atoms with Crippen molar-refractivity contribution in [1.29, 1.82) is 0 Å². The summed E-state index contributed by atoms with van der Waals surface area (Å²) in [5.74, 6) is 0.347. The molecule has 1 aliphatic heterocycles. The van der Waals surface area contributed by atoms with Crippen LogP contribution in [0, 0.1) is 0 Å². The second-order valence-corrected chi connectivity index (χ2v) is 4.12. The van der Waals surface area contributed by atoms with Crippen molar-refractivity contribution in [1.82, 2.24) is 4.90 Å². The van der Waals surface area contributed by atoms with Gasteiger partial charge in [0.05, 0.1) is 6.04 Å². The molecule has 76 valence electrons. The zero-order valence-electron chi connectivity index (χ0n) is 9.05. The Morgan fingerprint density at radius 1 is 1.54 bits per heavy atom. The van der Waals surface area contributed by atoms with Gasteiger partial charge >= 0.3 is 0 Å². The maximum Gasteiger partial charge on any atom is 0.146 e. The molecule has 0 aromatic carbocycles. The van der Waals surface area contributed by atoms with E-state index in [0.717, 1.165) is 19.4 Å². The number of hydrogen-bond donors (Lipinski definition) is 0. The smallest absolute Gasteiger partial charge is 0.146 e. The molecule has 0 saturated carbocycles. The lowest BCUT2D eigenvalue weighted by molar-refractivity contribution is -0.124. The number of hydrogen-bond acceptors (Lipinski definition) is 2. The maximum absolute atomic E-state index is 11.4. The predicted octanol–water partition coefficient (Wildman–Crippen LogP) is 2.23. The molecule has 0 aliphatic carbocycles. The average Bonchev–Trinajstić information content (AvgIpc) is 2.16. The zero-order valence-corrected chi connectivity index (χ0v) is 9.05. The third-order valence-electron chi connectivity index (χ3n) is 3.17. The topological polar surface area (TPSA) is 20.3 Å². The Bertz CT molecular complexity index is 179. The molecule has 2 nitrogen and oxygen atoms in total. The van der Waals surface area contributed by atoms with E-state index in [2.05, 4.69) is 18.7 Å². The van der Waals surface area contributed by atoms with Crippen molar-refractivity contribution in [3.63, 3.8) is 0 Å². The molecular formula is C11H21NO. The molecule has 2 unspecified atom stereocenters. The molecule has 2 atom stereocenters. The Hall–Kier alpha value is -0.370. The summed E-state index contributed by atoms with van der Waals surface area (Å²) in [7, 11) is 0. The Morgan fingerprint density at radius 3 is 2.77 bits per heavy atom. The molecule has 1 heterocycles. The van der Waals surface area contributed by atoms with Crippen LogP contribution in [-0.2, 0) is 4.79 Å². The average molecular weight is 183 g/mol. The lowest BCUT2D eigenvalue weighted by atomic mass is 9.97. The van der Waals surface area contributed by atoms with Crippen LogP contribution >= 0.6 is 0 Å². The molecule has 0 spiro atoms. The molecule has 1 rings (SSSR count). The molecular weight excluding hydrogens is 162 g/mol. The fourth-order valence-corrected chi connectivity index (χ4v) is 2.15. The third kappa shape index (κ3) is 2.53. The Labute approximate surface area is 81.3 Å². The number of nitrogens with zero attached hydrogens (tertiary/aromatic N) is 1. The van der Waals surface area contributed by atoms with Gasteiger partial charge in [-0.15, -0.1) is 0 Å². The van der Waals surface area contributed by atoms with E-state index in [0.29, 0.717) is 11.8 Å². The van der Waals surface area contributed by atoms with Crippen LogP contribution in [0.15, 0.2) is 0 Å². The van der Waals surface area contributed by atoms with Crippen molar-refractivity contribution in [3.8, 4) is 0 Å². The molecule has 0 amide bonds. The Morgan fingerprint density at radius 2 is 2.23 bits per heavy atom. The van der Waals surface area contributed by atoms with Gasteiger partial charge in [-0.3, -0.25) is 9.69 Å². The highest BCUT2D eigenvalue weighted by Crippen LogP contribution is 2.21. The van der Waals surface area contributed by atoms with Gasteiger partial charge in [0.25, 0.3) is 0 Å². The highest BCUT2D eigenvalue weighted by molar-refractivity contribution is 5.81. The first-order valence-corrected chi connectivity index (χ1v) is 5.43. The van der Waals surface area contributed by atoms with Crippen molar-refractivity contribution in [2.75, 3.05) is 6.54 Å². The largest absolute Gasteiger partial charge is 0.298 e. The molecule has 0 aromatic heterocycles.